The molecule has 3 N–H and O–H groups in total. The second-order valence-electron chi connectivity index (χ2n) is 6.67. The maximum absolute atomic E-state index is 13.2. The van der Waals surface area contributed by atoms with Crippen LogP contribution in [0, 0.1) is 5.82 Å². The fraction of sp³-hybridized carbons (Fsp3) is 0.143. The van der Waals surface area contributed by atoms with Gasteiger partial charge in [0.1, 0.15) is 28.7 Å². The van der Waals surface area contributed by atoms with E-state index in [2.05, 4.69) is 30.9 Å². The number of pyridine rings is 1. The van der Waals surface area contributed by atoms with Crippen LogP contribution in [0.1, 0.15) is 32.1 Å². The number of hydrogen-bond donors (Lipinski definition) is 3. The third-order valence-electron chi connectivity index (χ3n) is 4.26. The topological polar surface area (TPSA) is 126 Å². The number of nitrogens with zero attached hydrogens (tertiary/aromatic N) is 3. The van der Waals surface area contributed by atoms with Gasteiger partial charge in [0.05, 0.1) is 11.6 Å². The zero-order valence-electron chi connectivity index (χ0n) is 16.9. The van der Waals surface area contributed by atoms with E-state index in [4.69, 9.17) is 23.2 Å². The van der Waals surface area contributed by atoms with E-state index in [9.17, 15) is 18.8 Å². The Morgan fingerprint density at radius 3 is 2.18 bits per heavy atom. The zero-order valence-corrected chi connectivity index (χ0v) is 18.5. The summed E-state index contributed by atoms with van der Waals surface area (Å²) in [5, 5.41) is 7.89. The summed E-state index contributed by atoms with van der Waals surface area (Å²) in [5.74, 6) is -2.21. The first-order valence-electron chi connectivity index (χ1n) is 9.51. The number of rotatable bonds is 8. The number of hydrogen-bond acceptors (Lipinski definition) is 6. The number of carbonyl (C=O) groups excluding carboxylic acids is 3. The number of aromatic nitrogens is 3. The molecule has 0 spiro atoms. The third kappa shape index (κ3) is 7.19. The lowest BCUT2D eigenvalue weighted by atomic mass is 10.2. The minimum Gasteiger partial charge on any atom is -0.350 e. The van der Waals surface area contributed by atoms with E-state index in [0.29, 0.717) is 10.7 Å². The average molecular weight is 491 g/mol. The van der Waals surface area contributed by atoms with Crippen molar-refractivity contribution in [2.75, 3.05) is 6.54 Å². The van der Waals surface area contributed by atoms with E-state index in [-0.39, 0.29) is 36.0 Å². The predicted molar refractivity (Wildman–Crippen MR) is 118 cm³/mol. The molecule has 0 bridgehead atoms. The van der Waals surface area contributed by atoms with Crippen LogP contribution in [-0.2, 0) is 17.9 Å². The molecule has 0 fully saturated rings. The summed E-state index contributed by atoms with van der Waals surface area (Å²) in [5.41, 5.74) is 1.20. The summed E-state index contributed by atoms with van der Waals surface area (Å²) in [6, 6.07) is 8.57. The van der Waals surface area contributed by atoms with Crippen molar-refractivity contribution in [3.8, 4) is 0 Å². The Balaban J connectivity index is 1.50. The molecule has 0 aliphatic rings. The molecule has 2 heterocycles. The minimum atomic E-state index is -0.654. The van der Waals surface area contributed by atoms with Crippen LogP contribution in [0.2, 0.25) is 10.2 Å². The van der Waals surface area contributed by atoms with Gasteiger partial charge in [-0.05, 0) is 35.4 Å². The summed E-state index contributed by atoms with van der Waals surface area (Å²) in [7, 11) is 0. The molecular formula is C21H17Cl2FN6O3. The van der Waals surface area contributed by atoms with Gasteiger partial charge in [0, 0.05) is 25.4 Å². The van der Waals surface area contributed by atoms with E-state index in [0.717, 1.165) is 11.9 Å². The molecule has 0 radical (unpaired) electrons. The van der Waals surface area contributed by atoms with Gasteiger partial charge in [0.2, 0.25) is 5.91 Å². The molecule has 9 nitrogen and oxygen atoms in total. The molecule has 0 unspecified atom stereocenters. The lowest BCUT2D eigenvalue weighted by molar-refractivity contribution is -0.120. The highest BCUT2D eigenvalue weighted by Gasteiger charge is 2.14. The molecule has 0 atom stereocenters. The largest absolute Gasteiger partial charge is 0.350 e. The first-order valence-corrected chi connectivity index (χ1v) is 10.3. The van der Waals surface area contributed by atoms with E-state index in [1.165, 1.54) is 30.5 Å². The number of halogens is 3. The Labute approximate surface area is 197 Å². The smallest absolute Gasteiger partial charge is 0.270 e. The Morgan fingerprint density at radius 2 is 1.48 bits per heavy atom. The molecule has 1 aromatic carbocycles. The normalized spacial score (nSPS) is 10.4. The number of benzene rings is 1. The van der Waals surface area contributed by atoms with Crippen molar-refractivity contribution in [3.63, 3.8) is 0 Å². The lowest BCUT2D eigenvalue weighted by Crippen LogP contribution is -2.37. The second-order valence-corrected chi connectivity index (χ2v) is 7.46. The van der Waals surface area contributed by atoms with Gasteiger partial charge < -0.3 is 16.0 Å². The minimum absolute atomic E-state index is 0.0534. The van der Waals surface area contributed by atoms with Crippen molar-refractivity contribution in [2.45, 2.75) is 13.1 Å². The van der Waals surface area contributed by atoms with Crippen LogP contribution >= 0.6 is 23.2 Å². The van der Waals surface area contributed by atoms with Gasteiger partial charge in [-0.15, -0.1) is 0 Å². The molecule has 0 saturated heterocycles. The van der Waals surface area contributed by atoms with Gasteiger partial charge in [-0.25, -0.2) is 19.3 Å². The van der Waals surface area contributed by atoms with Crippen molar-refractivity contribution in [1.29, 1.82) is 0 Å². The van der Waals surface area contributed by atoms with Crippen LogP contribution < -0.4 is 16.0 Å². The summed E-state index contributed by atoms with van der Waals surface area (Å²) in [6.45, 7) is -0.00419. The van der Waals surface area contributed by atoms with Crippen LogP contribution in [0.15, 0.2) is 48.9 Å². The summed E-state index contributed by atoms with van der Waals surface area (Å²) in [6.07, 6.45) is 2.58. The van der Waals surface area contributed by atoms with Crippen molar-refractivity contribution in [2.24, 2.45) is 0 Å². The van der Waals surface area contributed by atoms with Crippen molar-refractivity contribution in [1.82, 2.24) is 30.9 Å². The van der Waals surface area contributed by atoms with E-state index >= 15 is 0 Å². The highest BCUT2D eigenvalue weighted by atomic mass is 35.5. The van der Waals surface area contributed by atoms with Gasteiger partial charge in [-0.3, -0.25) is 14.4 Å². The zero-order chi connectivity index (χ0) is 23.8. The maximum Gasteiger partial charge on any atom is 0.270 e. The highest BCUT2D eigenvalue weighted by molar-refractivity contribution is 6.30. The van der Waals surface area contributed by atoms with Gasteiger partial charge in [0.25, 0.3) is 11.8 Å². The predicted octanol–water partition coefficient (Wildman–Crippen LogP) is 2.29. The highest BCUT2D eigenvalue weighted by Crippen LogP contribution is 2.16. The second kappa shape index (κ2) is 11.3. The molecule has 170 valence electrons. The van der Waals surface area contributed by atoms with Crippen LogP contribution in [-0.4, -0.2) is 39.2 Å². The van der Waals surface area contributed by atoms with E-state index in [1.807, 2.05) is 0 Å². The summed E-state index contributed by atoms with van der Waals surface area (Å²) < 4.78 is 13.2. The molecule has 3 aromatic rings. The monoisotopic (exact) mass is 490 g/mol. The van der Waals surface area contributed by atoms with Crippen LogP contribution in [0.4, 0.5) is 4.39 Å². The molecule has 2 aromatic heterocycles. The SMILES string of the molecule is O=C(CNC(=O)c1cc(C(=O)NCc2ccc(F)c(Cl)c2)ncn1)NCc1ccnc(Cl)c1. The average Bonchev–Trinajstić information content (AvgIpc) is 2.82. The number of amides is 3. The first-order chi connectivity index (χ1) is 15.8. The molecule has 12 heteroatoms. The summed E-state index contributed by atoms with van der Waals surface area (Å²) >= 11 is 11.5. The first kappa shape index (κ1) is 24.0. The molecule has 0 saturated carbocycles. The number of nitrogens with one attached hydrogen (secondary N) is 3. The molecule has 3 amide bonds. The van der Waals surface area contributed by atoms with Crippen LogP contribution in [0.25, 0.3) is 0 Å². The Morgan fingerprint density at radius 1 is 0.818 bits per heavy atom. The number of carbonyl (C=O) groups is 3. The quantitative estimate of drug-likeness (QED) is 0.416. The lowest BCUT2D eigenvalue weighted by Gasteiger charge is -2.08. The maximum atomic E-state index is 13.2. The van der Waals surface area contributed by atoms with Gasteiger partial charge in [-0.1, -0.05) is 29.3 Å². The van der Waals surface area contributed by atoms with Crippen molar-refractivity contribution >= 4 is 40.9 Å². The van der Waals surface area contributed by atoms with Crippen LogP contribution in [0.3, 0.4) is 0 Å². The van der Waals surface area contributed by atoms with E-state index in [1.54, 1.807) is 12.1 Å². The standard InChI is InChI=1S/C21H17Cl2FN6O3/c22-14-5-12(1-2-15(14)24)9-27-20(32)16-7-17(30-11-29-16)21(33)28-10-19(31)26-8-13-3-4-25-18(23)6-13/h1-7,11H,8-10H2,(H,26,31)(H,27,32)(H,28,33). The Bertz CT molecular complexity index is 1190. The molecule has 0 aliphatic carbocycles. The van der Waals surface area contributed by atoms with E-state index < -0.39 is 23.5 Å². The fourth-order valence-electron chi connectivity index (χ4n) is 2.59. The molecule has 33 heavy (non-hydrogen) atoms. The van der Waals surface area contributed by atoms with Gasteiger partial charge >= 0.3 is 0 Å². The molecular weight excluding hydrogens is 474 g/mol. The third-order valence-corrected chi connectivity index (χ3v) is 4.76. The van der Waals surface area contributed by atoms with Crippen LogP contribution in [0.5, 0.6) is 0 Å². The molecule has 0 aliphatic heterocycles. The van der Waals surface area contributed by atoms with Gasteiger partial charge in [0.15, 0.2) is 0 Å². The molecule has 3 rings (SSSR count). The summed E-state index contributed by atoms with van der Waals surface area (Å²) in [4.78, 5) is 48.1. The Kier molecular flexibility index (Phi) is 8.22. The van der Waals surface area contributed by atoms with Gasteiger partial charge in [-0.2, -0.15) is 0 Å². The fourth-order valence-corrected chi connectivity index (χ4v) is 2.99. The van der Waals surface area contributed by atoms with Crippen molar-refractivity contribution < 1.29 is 18.8 Å². The Hall–Kier alpha value is -3.63. The van der Waals surface area contributed by atoms with Crippen molar-refractivity contribution in [3.05, 3.63) is 87.4 Å².